The van der Waals surface area contributed by atoms with Crippen molar-refractivity contribution in [3.05, 3.63) is 36.2 Å². The van der Waals surface area contributed by atoms with E-state index in [1.807, 2.05) is 19.4 Å². The van der Waals surface area contributed by atoms with Crippen LogP contribution < -0.4 is 5.32 Å². The second-order valence-corrected chi connectivity index (χ2v) is 9.49. The molecule has 1 aromatic carbocycles. The molecule has 3 rings (SSSR count). The van der Waals surface area contributed by atoms with Gasteiger partial charge in [-0.3, -0.25) is 0 Å². The van der Waals surface area contributed by atoms with E-state index in [2.05, 4.69) is 27.4 Å². The summed E-state index contributed by atoms with van der Waals surface area (Å²) in [5.74, 6) is 0.785. The van der Waals surface area contributed by atoms with Crippen molar-refractivity contribution in [2.75, 3.05) is 18.6 Å². The first-order valence-corrected chi connectivity index (χ1v) is 9.54. The fraction of sp³-hybridized carbons (Fsp3) is 0.231. The average Bonchev–Trinajstić information content (AvgIpc) is 2.34. The summed E-state index contributed by atoms with van der Waals surface area (Å²) in [7, 11) is -2.05. The average molecular weight is 291 g/mol. The lowest BCUT2D eigenvalue weighted by molar-refractivity contribution is 0.582. The van der Waals surface area contributed by atoms with Crippen LogP contribution in [0, 0.1) is 0 Å². The molecule has 0 atom stereocenters. The molecular formula is C13H14N3OPS. The molecule has 1 aliphatic heterocycles. The molecule has 1 aromatic heterocycles. The number of hydrogen-bond donors (Lipinski definition) is 1. The first kappa shape index (κ1) is 12.7. The predicted molar refractivity (Wildman–Crippen MR) is 79.0 cm³/mol. The molecule has 0 bridgehead atoms. The number of fused-ring (bicyclic) bond motifs is 2. The maximum Gasteiger partial charge on any atom is 0.163 e. The van der Waals surface area contributed by atoms with Gasteiger partial charge in [-0.05, 0) is 31.0 Å². The van der Waals surface area contributed by atoms with Crippen LogP contribution in [0.5, 0.6) is 0 Å². The van der Waals surface area contributed by atoms with Gasteiger partial charge >= 0.3 is 0 Å². The lowest BCUT2D eigenvalue weighted by Crippen LogP contribution is -2.03. The monoisotopic (exact) mass is 291 g/mol. The Hall–Kier alpha value is -1.32. The number of nitrogens with zero attached hydrogens (tertiary/aromatic N) is 2. The molecule has 0 saturated heterocycles. The van der Waals surface area contributed by atoms with Crippen LogP contribution >= 0.6 is 18.9 Å². The Labute approximate surface area is 116 Å². The molecule has 2 heterocycles. The van der Waals surface area contributed by atoms with Gasteiger partial charge in [-0.1, -0.05) is 17.8 Å². The number of benzene rings is 1. The molecule has 2 aromatic rings. The maximum absolute atomic E-state index is 11.9. The van der Waals surface area contributed by atoms with Crippen molar-refractivity contribution >= 4 is 30.4 Å². The van der Waals surface area contributed by atoms with Crippen molar-refractivity contribution in [1.29, 1.82) is 0 Å². The molecule has 4 nitrogen and oxygen atoms in total. The quantitative estimate of drug-likeness (QED) is 0.728. The van der Waals surface area contributed by atoms with Crippen LogP contribution in [-0.2, 0) is 10.7 Å². The molecule has 6 heteroatoms. The first-order chi connectivity index (χ1) is 9.01. The fourth-order valence-corrected chi connectivity index (χ4v) is 3.97. The zero-order chi connectivity index (χ0) is 13.5. The molecule has 0 radical (unpaired) electrons. The largest absolute Gasteiger partial charge is 0.337 e. The minimum atomic E-state index is -2.05. The van der Waals surface area contributed by atoms with Crippen molar-refractivity contribution in [3.8, 4) is 0 Å². The van der Waals surface area contributed by atoms with Gasteiger partial charge in [0.25, 0.3) is 0 Å². The van der Waals surface area contributed by atoms with E-state index in [4.69, 9.17) is 0 Å². The molecule has 1 aliphatic rings. The van der Waals surface area contributed by atoms with E-state index in [1.165, 1.54) is 0 Å². The third-order valence-corrected chi connectivity index (χ3v) is 4.93. The van der Waals surface area contributed by atoms with E-state index < -0.39 is 7.14 Å². The van der Waals surface area contributed by atoms with E-state index in [1.54, 1.807) is 24.2 Å². The molecule has 0 amide bonds. The van der Waals surface area contributed by atoms with E-state index in [0.29, 0.717) is 6.16 Å². The van der Waals surface area contributed by atoms with E-state index >= 15 is 0 Å². The van der Waals surface area contributed by atoms with Crippen LogP contribution in [0.2, 0.25) is 0 Å². The molecule has 0 saturated carbocycles. The summed E-state index contributed by atoms with van der Waals surface area (Å²) in [4.78, 5) is 9.69. The minimum absolute atomic E-state index is 0.625. The number of anilines is 2. The van der Waals surface area contributed by atoms with Crippen molar-refractivity contribution < 1.29 is 4.57 Å². The van der Waals surface area contributed by atoms with Crippen molar-refractivity contribution in [1.82, 2.24) is 9.97 Å². The van der Waals surface area contributed by atoms with Crippen LogP contribution in [0.3, 0.4) is 0 Å². The van der Waals surface area contributed by atoms with Crippen LogP contribution in [0.15, 0.2) is 40.5 Å². The molecule has 0 unspecified atom stereocenters. The van der Waals surface area contributed by atoms with Gasteiger partial charge in [-0.25, -0.2) is 9.97 Å². The number of nitrogens with one attached hydrogen (secondary N) is 1. The summed E-state index contributed by atoms with van der Waals surface area (Å²) < 4.78 is 11.9. The van der Waals surface area contributed by atoms with Crippen LogP contribution in [0.25, 0.3) is 0 Å². The van der Waals surface area contributed by atoms with E-state index in [-0.39, 0.29) is 0 Å². The summed E-state index contributed by atoms with van der Waals surface area (Å²) in [6.07, 6.45) is 3.99. The van der Waals surface area contributed by atoms with Crippen molar-refractivity contribution in [2.45, 2.75) is 16.1 Å². The topological polar surface area (TPSA) is 54.9 Å². The Morgan fingerprint density at radius 3 is 2.84 bits per heavy atom. The third-order valence-electron chi connectivity index (χ3n) is 2.73. The lowest BCUT2D eigenvalue weighted by Gasteiger charge is -2.19. The Bertz CT molecular complexity index is 683. The zero-order valence-corrected chi connectivity index (χ0v) is 12.5. The van der Waals surface area contributed by atoms with Gasteiger partial charge in [-0.2, -0.15) is 0 Å². The van der Waals surface area contributed by atoms with Gasteiger partial charge in [0.2, 0.25) is 0 Å². The van der Waals surface area contributed by atoms with Gasteiger partial charge in [0.1, 0.15) is 5.03 Å². The molecule has 1 N–H and O–H groups in total. The second-order valence-electron chi connectivity index (χ2n) is 5.00. The fourth-order valence-electron chi connectivity index (χ4n) is 2.02. The SMILES string of the molecule is CP(C)(=O)Cc1ccc2c(c1)Nc1nccnc1S2. The molecule has 0 spiro atoms. The highest BCUT2D eigenvalue weighted by molar-refractivity contribution is 7.99. The predicted octanol–water partition coefficient (Wildman–Crippen LogP) is 3.81. The standard InChI is InChI=1S/C13H14N3OPS/c1-18(2,17)8-9-3-4-11-10(7-9)16-12-13(19-11)15-6-5-14-12/h3-7H,8H2,1-2H3,(H,14,16). The van der Waals surface area contributed by atoms with E-state index in [9.17, 15) is 4.57 Å². The molecule has 0 aliphatic carbocycles. The molecule has 19 heavy (non-hydrogen) atoms. The molecule has 0 fully saturated rings. The first-order valence-electron chi connectivity index (χ1n) is 5.94. The zero-order valence-electron chi connectivity index (χ0n) is 10.8. The number of hydrogen-bond acceptors (Lipinski definition) is 5. The number of aromatic nitrogens is 2. The highest BCUT2D eigenvalue weighted by Crippen LogP contribution is 2.45. The highest BCUT2D eigenvalue weighted by atomic mass is 32.2. The molecule has 98 valence electrons. The van der Waals surface area contributed by atoms with Gasteiger partial charge < -0.3 is 9.88 Å². The third kappa shape index (κ3) is 2.82. The highest BCUT2D eigenvalue weighted by Gasteiger charge is 2.18. The second kappa shape index (κ2) is 4.66. The Morgan fingerprint density at radius 1 is 1.26 bits per heavy atom. The van der Waals surface area contributed by atoms with Crippen molar-refractivity contribution in [2.24, 2.45) is 0 Å². The number of rotatable bonds is 2. The summed E-state index contributed by atoms with van der Waals surface area (Å²) in [5, 5.41) is 4.17. The minimum Gasteiger partial charge on any atom is -0.337 e. The molecular weight excluding hydrogens is 277 g/mol. The summed E-state index contributed by atoms with van der Waals surface area (Å²) in [6, 6.07) is 6.14. The van der Waals surface area contributed by atoms with Gasteiger partial charge in [0.05, 0.1) is 12.8 Å². The van der Waals surface area contributed by atoms with Crippen LogP contribution in [-0.4, -0.2) is 23.3 Å². The van der Waals surface area contributed by atoms with Crippen molar-refractivity contribution in [3.63, 3.8) is 0 Å². The summed E-state index contributed by atoms with van der Waals surface area (Å²) >= 11 is 1.60. The Morgan fingerprint density at radius 2 is 2.05 bits per heavy atom. The van der Waals surface area contributed by atoms with E-state index in [0.717, 1.165) is 27.0 Å². The van der Waals surface area contributed by atoms with Gasteiger partial charge in [0.15, 0.2) is 5.82 Å². The van der Waals surface area contributed by atoms with Crippen LogP contribution in [0.1, 0.15) is 5.56 Å². The lowest BCUT2D eigenvalue weighted by atomic mass is 10.2. The normalized spacial score (nSPS) is 13.4. The Kier molecular flexibility index (Phi) is 3.11. The summed E-state index contributed by atoms with van der Waals surface area (Å²) in [5.41, 5.74) is 2.11. The summed E-state index contributed by atoms with van der Waals surface area (Å²) in [6.45, 7) is 3.63. The van der Waals surface area contributed by atoms with Crippen LogP contribution in [0.4, 0.5) is 11.5 Å². The van der Waals surface area contributed by atoms with Gasteiger partial charge in [-0.15, -0.1) is 0 Å². The van der Waals surface area contributed by atoms with Gasteiger partial charge in [0, 0.05) is 23.5 Å². The maximum atomic E-state index is 11.9. The smallest absolute Gasteiger partial charge is 0.163 e. The Balaban J connectivity index is 1.94.